The van der Waals surface area contributed by atoms with Gasteiger partial charge >= 0.3 is 6.09 Å². The van der Waals surface area contributed by atoms with E-state index in [1.165, 1.54) is 0 Å². The maximum absolute atomic E-state index is 11.9. The Morgan fingerprint density at radius 1 is 1.32 bits per heavy atom. The summed E-state index contributed by atoms with van der Waals surface area (Å²) in [6, 6.07) is 4.07. The Hall–Kier alpha value is -1.66. The highest BCUT2D eigenvalue weighted by Gasteiger charge is 2.24. The maximum atomic E-state index is 11.9. The number of nitrogens with zero attached hydrogens (tertiary/aromatic N) is 1. The van der Waals surface area contributed by atoms with Crippen LogP contribution < -0.4 is 14.8 Å². The van der Waals surface area contributed by atoms with E-state index in [-0.39, 0.29) is 18.9 Å². The Morgan fingerprint density at radius 3 is 2.72 bits per heavy atom. The Kier molecular flexibility index (Phi) is 5.29. The van der Waals surface area contributed by atoms with Crippen molar-refractivity contribution in [2.45, 2.75) is 51.8 Å². The van der Waals surface area contributed by atoms with E-state index in [0.29, 0.717) is 16.5 Å². The number of halogens is 1. The van der Waals surface area contributed by atoms with Gasteiger partial charge in [-0.05, 0) is 51.3 Å². The fourth-order valence-electron chi connectivity index (χ4n) is 3.08. The summed E-state index contributed by atoms with van der Waals surface area (Å²) in [4.78, 5) is 14.2. The zero-order valence-corrected chi connectivity index (χ0v) is 15.7. The Balaban J connectivity index is 1.48. The van der Waals surface area contributed by atoms with Crippen LogP contribution in [0.1, 0.15) is 39.2 Å². The molecule has 0 radical (unpaired) electrons. The van der Waals surface area contributed by atoms with Crippen LogP contribution in [0.25, 0.3) is 0 Å². The number of amides is 1. The molecule has 25 heavy (non-hydrogen) atoms. The minimum absolute atomic E-state index is 0.159. The molecule has 138 valence electrons. The molecule has 6 nitrogen and oxygen atoms in total. The van der Waals surface area contributed by atoms with Gasteiger partial charge < -0.3 is 19.5 Å². The SMILES string of the molecule is CC(C)(C)OC(=O)NC1CCN(Cc2cc(Cl)c3c(c2)OCO3)CC1. The van der Waals surface area contributed by atoms with Gasteiger partial charge in [-0.3, -0.25) is 4.90 Å². The molecule has 3 rings (SSSR count). The van der Waals surface area contributed by atoms with Crippen molar-refractivity contribution < 1.29 is 19.0 Å². The van der Waals surface area contributed by atoms with Crippen molar-refractivity contribution in [1.82, 2.24) is 10.2 Å². The molecule has 1 amide bonds. The number of likely N-dealkylation sites (tertiary alicyclic amines) is 1. The number of hydrogen-bond donors (Lipinski definition) is 1. The van der Waals surface area contributed by atoms with Crippen molar-refractivity contribution in [1.29, 1.82) is 0 Å². The maximum Gasteiger partial charge on any atom is 0.407 e. The third-order valence-electron chi connectivity index (χ3n) is 4.20. The highest BCUT2D eigenvalue weighted by Crippen LogP contribution is 2.40. The number of carbonyl (C=O) groups excluding carboxylic acids is 1. The first kappa shape index (κ1) is 18.1. The monoisotopic (exact) mass is 368 g/mol. The summed E-state index contributed by atoms with van der Waals surface area (Å²) in [6.07, 6.45) is 1.46. The lowest BCUT2D eigenvalue weighted by Crippen LogP contribution is -2.45. The van der Waals surface area contributed by atoms with Gasteiger partial charge in [-0.25, -0.2) is 4.79 Å². The third-order valence-corrected chi connectivity index (χ3v) is 4.48. The van der Waals surface area contributed by atoms with Gasteiger partial charge in [-0.2, -0.15) is 0 Å². The predicted molar refractivity (Wildman–Crippen MR) is 95.2 cm³/mol. The Bertz CT molecular complexity index is 637. The molecule has 2 heterocycles. The fraction of sp³-hybridized carbons (Fsp3) is 0.611. The zero-order valence-electron chi connectivity index (χ0n) is 14.9. The van der Waals surface area contributed by atoms with Crippen molar-refractivity contribution in [2.24, 2.45) is 0 Å². The molecule has 1 fully saturated rings. The van der Waals surface area contributed by atoms with Crippen LogP contribution in [0.4, 0.5) is 4.79 Å². The van der Waals surface area contributed by atoms with Crippen LogP contribution in [0.15, 0.2) is 12.1 Å². The van der Waals surface area contributed by atoms with E-state index < -0.39 is 5.60 Å². The number of alkyl carbamates (subject to hydrolysis) is 1. The average molecular weight is 369 g/mol. The van der Waals surface area contributed by atoms with E-state index in [0.717, 1.165) is 38.0 Å². The van der Waals surface area contributed by atoms with Crippen LogP contribution in [0.3, 0.4) is 0 Å². The van der Waals surface area contributed by atoms with Crippen LogP contribution in [0.5, 0.6) is 11.5 Å². The second kappa shape index (κ2) is 7.30. The first-order chi connectivity index (χ1) is 11.8. The van der Waals surface area contributed by atoms with Crippen molar-refractivity contribution in [3.05, 3.63) is 22.7 Å². The normalized spacial score (nSPS) is 18.2. The van der Waals surface area contributed by atoms with E-state index in [4.69, 9.17) is 25.8 Å². The van der Waals surface area contributed by atoms with Crippen LogP contribution >= 0.6 is 11.6 Å². The molecule has 0 unspecified atom stereocenters. The molecular formula is C18H25ClN2O4. The molecular weight excluding hydrogens is 344 g/mol. The molecule has 1 saturated heterocycles. The van der Waals surface area contributed by atoms with Crippen LogP contribution in [0.2, 0.25) is 5.02 Å². The highest BCUT2D eigenvalue weighted by molar-refractivity contribution is 6.32. The van der Waals surface area contributed by atoms with E-state index in [1.54, 1.807) is 0 Å². The molecule has 0 spiro atoms. The van der Waals surface area contributed by atoms with Gasteiger partial charge in [0.25, 0.3) is 0 Å². The minimum atomic E-state index is -0.469. The first-order valence-corrected chi connectivity index (χ1v) is 8.98. The predicted octanol–water partition coefficient (Wildman–Crippen LogP) is 3.56. The number of piperidine rings is 1. The van der Waals surface area contributed by atoms with Crippen molar-refractivity contribution in [3.8, 4) is 11.5 Å². The fourth-order valence-corrected chi connectivity index (χ4v) is 3.37. The molecule has 0 bridgehead atoms. The number of ether oxygens (including phenoxy) is 3. The third kappa shape index (κ3) is 4.92. The van der Waals surface area contributed by atoms with Crippen molar-refractivity contribution >= 4 is 17.7 Å². The number of rotatable bonds is 3. The molecule has 1 aromatic carbocycles. The topological polar surface area (TPSA) is 60.0 Å². The van der Waals surface area contributed by atoms with Gasteiger partial charge in [0.1, 0.15) is 5.60 Å². The van der Waals surface area contributed by atoms with E-state index in [2.05, 4.69) is 10.2 Å². The number of hydrogen-bond acceptors (Lipinski definition) is 5. The highest BCUT2D eigenvalue weighted by atomic mass is 35.5. The van der Waals surface area contributed by atoms with Crippen molar-refractivity contribution in [3.63, 3.8) is 0 Å². The van der Waals surface area contributed by atoms with E-state index in [9.17, 15) is 4.79 Å². The number of fused-ring (bicyclic) bond motifs is 1. The first-order valence-electron chi connectivity index (χ1n) is 8.60. The van der Waals surface area contributed by atoms with Gasteiger partial charge in [0.05, 0.1) is 5.02 Å². The molecule has 0 aromatic heterocycles. The summed E-state index contributed by atoms with van der Waals surface area (Å²) < 4.78 is 16.1. The Morgan fingerprint density at radius 2 is 2.04 bits per heavy atom. The summed E-state index contributed by atoms with van der Waals surface area (Å²) >= 11 is 6.24. The number of carbonyl (C=O) groups is 1. The lowest BCUT2D eigenvalue weighted by atomic mass is 10.0. The standard InChI is InChI=1S/C18H25ClN2O4/c1-18(2,3)25-17(22)20-13-4-6-21(7-5-13)10-12-8-14(19)16-15(9-12)23-11-24-16/h8-9,13H,4-7,10-11H2,1-3H3,(H,20,22). The summed E-state index contributed by atoms with van der Waals surface area (Å²) in [6.45, 7) is 8.44. The molecule has 7 heteroatoms. The minimum Gasteiger partial charge on any atom is -0.454 e. The molecule has 2 aliphatic rings. The summed E-state index contributed by atoms with van der Waals surface area (Å²) in [5, 5.41) is 3.55. The molecule has 1 aromatic rings. The zero-order chi connectivity index (χ0) is 18.0. The van der Waals surface area contributed by atoms with Gasteiger partial charge in [0.15, 0.2) is 11.5 Å². The van der Waals surface area contributed by atoms with Gasteiger partial charge in [0, 0.05) is 25.7 Å². The van der Waals surface area contributed by atoms with Crippen molar-refractivity contribution in [2.75, 3.05) is 19.9 Å². The van der Waals surface area contributed by atoms with Crippen LogP contribution in [-0.4, -0.2) is 42.5 Å². The molecule has 2 aliphatic heterocycles. The van der Waals surface area contributed by atoms with Gasteiger partial charge in [-0.1, -0.05) is 11.6 Å². The summed E-state index contributed by atoms with van der Waals surface area (Å²) in [5.41, 5.74) is 0.636. The second-order valence-corrected chi connectivity index (χ2v) is 7.92. The molecule has 1 N–H and O–H groups in total. The van der Waals surface area contributed by atoms with Crippen LogP contribution in [-0.2, 0) is 11.3 Å². The smallest absolute Gasteiger partial charge is 0.407 e. The molecule has 0 aliphatic carbocycles. The van der Waals surface area contributed by atoms with Gasteiger partial charge in [0.2, 0.25) is 6.79 Å². The largest absolute Gasteiger partial charge is 0.454 e. The van der Waals surface area contributed by atoms with Crippen LogP contribution in [0, 0.1) is 0 Å². The quantitative estimate of drug-likeness (QED) is 0.884. The summed E-state index contributed by atoms with van der Waals surface area (Å²) in [5.74, 6) is 1.34. The number of benzene rings is 1. The lowest BCUT2D eigenvalue weighted by Gasteiger charge is -2.32. The molecule has 0 atom stereocenters. The molecule has 0 saturated carbocycles. The average Bonchev–Trinajstić information content (AvgIpc) is 2.96. The van der Waals surface area contributed by atoms with E-state index in [1.807, 2.05) is 32.9 Å². The second-order valence-electron chi connectivity index (χ2n) is 7.51. The van der Waals surface area contributed by atoms with Gasteiger partial charge in [-0.15, -0.1) is 0 Å². The summed E-state index contributed by atoms with van der Waals surface area (Å²) in [7, 11) is 0. The van der Waals surface area contributed by atoms with E-state index >= 15 is 0 Å². The number of nitrogens with one attached hydrogen (secondary N) is 1. The lowest BCUT2D eigenvalue weighted by molar-refractivity contribution is 0.0477. The Labute approximate surface area is 153 Å².